The summed E-state index contributed by atoms with van der Waals surface area (Å²) in [6.07, 6.45) is 1.78. The number of nitrogens with zero attached hydrogens (tertiary/aromatic N) is 1. The van der Waals surface area contributed by atoms with Crippen molar-refractivity contribution in [2.24, 2.45) is 0 Å². The van der Waals surface area contributed by atoms with E-state index in [0.29, 0.717) is 18.8 Å². The van der Waals surface area contributed by atoms with Gasteiger partial charge in [0.15, 0.2) is 0 Å². The summed E-state index contributed by atoms with van der Waals surface area (Å²) < 4.78 is 4.60. The Labute approximate surface area is 95.0 Å². The lowest BCUT2D eigenvalue weighted by molar-refractivity contribution is 0.0594. The second-order valence-electron chi connectivity index (χ2n) is 3.51. The van der Waals surface area contributed by atoms with Gasteiger partial charge in [-0.2, -0.15) is 0 Å². The summed E-state index contributed by atoms with van der Waals surface area (Å²) in [4.78, 5) is 16.2. The van der Waals surface area contributed by atoms with Gasteiger partial charge in [-0.25, -0.2) is 4.79 Å². The lowest BCUT2D eigenvalue weighted by Crippen LogP contribution is -2.25. The summed E-state index contributed by atoms with van der Waals surface area (Å²) in [7, 11) is 1.35. The summed E-state index contributed by atoms with van der Waals surface area (Å²) in [5, 5.41) is 8.85. The number of H-pyrrole nitrogens is 1. The molecule has 0 saturated heterocycles. The molecule has 90 valence electrons. The molecule has 0 aliphatic heterocycles. The van der Waals surface area contributed by atoms with Crippen molar-refractivity contribution in [3.8, 4) is 0 Å². The number of likely N-dealkylation sites (N-methyl/N-ethyl adjacent to an activating group) is 1. The van der Waals surface area contributed by atoms with E-state index in [1.54, 1.807) is 12.3 Å². The van der Waals surface area contributed by atoms with Crippen LogP contribution in [0.5, 0.6) is 0 Å². The minimum absolute atomic E-state index is 0.141. The second kappa shape index (κ2) is 6.30. The molecule has 0 amide bonds. The fourth-order valence-electron chi connectivity index (χ4n) is 1.51. The Kier molecular flexibility index (Phi) is 5.01. The van der Waals surface area contributed by atoms with Crippen LogP contribution in [-0.2, 0) is 11.3 Å². The van der Waals surface area contributed by atoms with Gasteiger partial charge >= 0.3 is 5.97 Å². The summed E-state index contributed by atoms with van der Waals surface area (Å²) in [5.41, 5.74) is 1.47. The average molecular weight is 226 g/mol. The molecule has 1 aromatic heterocycles. The third-order valence-corrected chi connectivity index (χ3v) is 2.42. The molecule has 5 nitrogen and oxygen atoms in total. The SMILES string of the molecule is CCN(CCO)Cc1c[nH]c(C(=O)OC)c1. The quantitative estimate of drug-likeness (QED) is 0.698. The highest BCUT2D eigenvalue weighted by Crippen LogP contribution is 2.08. The minimum atomic E-state index is -0.364. The number of ether oxygens (including phenoxy) is 1. The predicted molar refractivity (Wildman–Crippen MR) is 60.2 cm³/mol. The van der Waals surface area contributed by atoms with Gasteiger partial charge in [-0.15, -0.1) is 0 Å². The molecular formula is C11H18N2O3. The van der Waals surface area contributed by atoms with Crippen LogP contribution in [0.2, 0.25) is 0 Å². The Balaban J connectivity index is 2.60. The van der Waals surface area contributed by atoms with E-state index >= 15 is 0 Å². The predicted octanol–water partition coefficient (Wildman–Crippen LogP) is 0.615. The van der Waals surface area contributed by atoms with Gasteiger partial charge in [0.2, 0.25) is 0 Å². The first-order valence-electron chi connectivity index (χ1n) is 5.30. The molecule has 2 N–H and O–H groups in total. The standard InChI is InChI=1S/C11H18N2O3/c1-3-13(4-5-14)8-9-6-10(12-7-9)11(15)16-2/h6-7,12,14H,3-5,8H2,1-2H3. The molecule has 0 radical (unpaired) electrons. The summed E-state index contributed by atoms with van der Waals surface area (Å²) in [5.74, 6) is -0.364. The first kappa shape index (κ1) is 12.7. The van der Waals surface area contributed by atoms with Crippen LogP contribution in [-0.4, -0.2) is 47.8 Å². The monoisotopic (exact) mass is 226 g/mol. The van der Waals surface area contributed by atoms with Gasteiger partial charge in [-0.05, 0) is 18.2 Å². The van der Waals surface area contributed by atoms with Crippen LogP contribution in [0, 0.1) is 0 Å². The molecule has 1 heterocycles. The fourth-order valence-corrected chi connectivity index (χ4v) is 1.51. The van der Waals surface area contributed by atoms with Gasteiger partial charge in [0.25, 0.3) is 0 Å². The molecule has 0 aliphatic carbocycles. The van der Waals surface area contributed by atoms with E-state index in [-0.39, 0.29) is 12.6 Å². The summed E-state index contributed by atoms with van der Waals surface area (Å²) in [6, 6.07) is 1.77. The van der Waals surface area contributed by atoms with Crippen molar-refractivity contribution in [1.82, 2.24) is 9.88 Å². The summed E-state index contributed by atoms with van der Waals surface area (Å²) in [6.45, 7) is 4.38. The molecule has 0 atom stereocenters. The maximum atomic E-state index is 11.2. The minimum Gasteiger partial charge on any atom is -0.464 e. The van der Waals surface area contributed by atoms with Crippen LogP contribution < -0.4 is 0 Å². The first-order valence-corrected chi connectivity index (χ1v) is 5.30. The van der Waals surface area contributed by atoms with Crippen molar-refractivity contribution < 1.29 is 14.6 Å². The topological polar surface area (TPSA) is 65.6 Å². The lowest BCUT2D eigenvalue weighted by atomic mass is 10.3. The molecule has 1 aromatic rings. The Morgan fingerprint density at radius 1 is 1.62 bits per heavy atom. The van der Waals surface area contributed by atoms with Crippen LogP contribution in [0.15, 0.2) is 12.3 Å². The first-order chi connectivity index (χ1) is 7.71. The number of methoxy groups -OCH3 is 1. The number of carbonyl (C=O) groups excluding carboxylic acids is 1. The number of hydrogen-bond acceptors (Lipinski definition) is 4. The Hall–Kier alpha value is -1.33. The molecule has 0 unspecified atom stereocenters. The molecule has 1 rings (SSSR count). The van der Waals surface area contributed by atoms with E-state index in [1.807, 2.05) is 6.92 Å². The molecule has 0 bridgehead atoms. The van der Waals surface area contributed by atoms with E-state index in [1.165, 1.54) is 7.11 Å². The molecule has 0 aromatic carbocycles. The van der Waals surface area contributed by atoms with Gasteiger partial charge in [0.1, 0.15) is 5.69 Å². The molecule has 5 heteroatoms. The number of aliphatic hydroxyl groups excluding tert-OH is 1. The van der Waals surface area contributed by atoms with Crippen molar-refractivity contribution in [3.63, 3.8) is 0 Å². The van der Waals surface area contributed by atoms with Crippen LogP contribution in [0.4, 0.5) is 0 Å². The maximum absolute atomic E-state index is 11.2. The molecule has 0 saturated carbocycles. The average Bonchev–Trinajstić information content (AvgIpc) is 2.76. The van der Waals surface area contributed by atoms with Crippen molar-refractivity contribution in [3.05, 3.63) is 23.5 Å². The smallest absolute Gasteiger partial charge is 0.354 e. The van der Waals surface area contributed by atoms with Crippen LogP contribution in [0.25, 0.3) is 0 Å². The van der Waals surface area contributed by atoms with Crippen LogP contribution in [0.3, 0.4) is 0 Å². The lowest BCUT2D eigenvalue weighted by Gasteiger charge is -2.17. The number of hydrogen-bond donors (Lipinski definition) is 2. The highest BCUT2D eigenvalue weighted by atomic mass is 16.5. The van der Waals surface area contributed by atoms with Crippen molar-refractivity contribution in [2.75, 3.05) is 26.8 Å². The van der Waals surface area contributed by atoms with Crippen molar-refractivity contribution >= 4 is 5.97 Å². The number of rotatable bonds is 6. The Bertz CT molecular complexity index is 336. The second-order valence-corrected chi connectivity index (χ2v) is 3.51. The van der Waals surface area contributed by atoms with E-state index in [4.69, 9.17) is 5.11 Å². The molecule has 0 aliphatic rings. The molecule has 16 heavy (non-hydrogen) atoms. The number of aliphatic hydroxyl groups is 1. The zero-order valence-electron chi connectivity index (χ0n) is 9.69. The van der Waals surface area contributed by atoms with E-state index in [0.717, 1.165) is 12.1 Å². The molecular weight excluding hydrogens is 208 g/mol. The number of aromatic nitrogens is 1. The van der Waals surface area contributed by atoms with E-state index < -0.39 is 0 Å². The van der Waals surface area contributed by atoms with Crippen molar-refractivity contribution in [1.29, 1.82) is 0 Å². The molecule has 0 spiro atoms. The van der Waals surface area contributed by atoms with Gasteiger partial charge in [-0.3, -0.25) is 4.90 Å². The number of carbonyl (C=O) groups is 1. The third kappa shape index (κ3) is 3.36. The summed E-state index contributed by atoms with van der Waals surface area (Å²) >= 11 is 0. The van der Waals surface area contributed by atoms with Gasteiger partial charge in [0.05, 0.1) is 13.7 Å². The normalized spacial score (nSPS) is 10.8. The zero-order valence-corrected chi connectivity index (χ0v) is 9.69. The fraction of sp³-hybridized carbons (Fsp3) is 0.545. The molecule has 0 fully saturated rings. The van der Waals surface area contributed by atoms with E-state index in [9.17, 15) is 4.79 Å². The number of esters is 1. The van der Waals surface area contributed by atoms with Gasteiger partial charge in [0, 0.05) is 19.3 Å². The van der Waals surface area contributed by atoms with Crippen LogP contribution >= 0.6 is 0 Å². The highest BCUT2D eigenvalue weighted by Gasteiger charge is 2.10. The zero-order chi connectivity index (χ0) is 12.0. The third-order valence-electron chi connectivity index (χ3n) is 2.42. The number of nitrogens with one attached hydrogen (secondary N) is 1. The largest absolute Gasteiger partial charge is 0.464 e. The number of aromatic amines is 1. The highest BCUT2D eigenvalue weighted by molar-refractivity contribution is 5.87. The van der Waals surface area contributed by atoms with Crippen LogP contribution in [0.1, 0.15) is 23.0 Å². The Morgan fingerprint density at radius 2 is 2.38 bits per heavy atom. The van der Waals surface area contributed by atoms with Gasteiger partial charge in [-0.1, -0.05) is 6.92 Å². The van der Waals surface area contributed by atoms with Crippen molar-refractivity contribution in [2.45, 2.75) is 13.5 Å². The van der Waals surface area contributed by atoms with Gasteiger partial charge < -0.3 is 14.8 Å². The Morgan fingerprint density at radius 3 is 2.94 bits per heavy atom. The maximum Gasteiger partial charge on any atom is 0.354 e. The van der Waals surface area contributed by atoms with E-state index in [2.05, 4.69) is 14.6 Å².